The van der Waals surface area contributed by atoms with Crippen LogP contribution in [0.15, 0.2) is 61.2 Å². The minimum Gasteiger partial charge on any atom is -0.497 e. The molecule has 10 nitrogen and oxygen atoms in total. The van der Waals surface area contributed by atoms with Gasteiger partial charge in [0.1, 0.15) is 23.4 Å². The van der Waals surface area contributed by atoms with Crippen molar-refractivity contribution in [3.8, 4) is 17.2 Å². The molecule has 34 heavy (non-hydrogen) atoms. The lowest BCUT2D eigenvalue weighted by atomic mass is 9.96. The molecule has 0 unspecified atom stereocenters. The van der Waals surface area contributed by atoms with Crippen molar-refractivity contribution < 1.29 is 23.8 Å². The zero-order valence-electron chi connectivity index (χ0n) is 18.6. The van der Waals surface area contributed by atoms with Gasteiger partial charge in [0, 0.05) is 38.0 Å². The fraction of sp³-hybridized carbons (Fsp3) is 0.250. The lowest BCUT2D eigenvalue weighted by molar-refractivity contribution is -0.127. The average molecular weight is 463 g/mol. The first kappa shape index (κ1) is 23.0. The van der Waals surface area contributed by atoms with E-state index in [1.807, 2.05) is 12.1 Å². The third kappa shape index (κ3) is 5.24. The van der Waals surface area contributed by atoms with Crippen molar-refractivity contribution in [2.45, 2.75) is 18.5 Å². The zero-order chi connectivity index (χ0) is 24.0. The lowest BCUT2D eigenvalue weighted by Crippen LogP contribution is -2.59. The Morgan fingerprint density at radius 1 is 1.12 bits per heavy atom. The number of hydrogen-bond donors (Lipinski definition) is 3. The topological polar surface area (TPSA) is 138 Å². The molecule has 176 valence electrons. The minimum absolute atomic E-state index is 0.0916. The van der Waals surface area contributed by atoms with Crippen LogP contribution in [0.1, 0.15) is 22.3 Å². The van der Waals surface area contributed by atoms with Crippen LogP contribution in [0.4, 0.5) is 5.69 Å². The van der Waals surface area contributed by atoms with Gasteiger partial charge in [-0.1, -0.05) is 12.1 Å². The molecule has 1 aliphatic rings. The summed E-state index contributed by atoms with van der Waals surface area (Å²) in [4.78, 5) is 33.3. The molecule has 2 aromatic carbocycles. The van der Waals surface area contributed by atoms with Crippen LogP contribution in [0.25, 0.3) is 0 Å². The Kier molecular flexibility index (Phi) is 6.88. The van der Waals surface area contributed by atoms with E-state index in [0.717, 1.165) is 5.56 Å². The molecule has 1 saturated heterocycles. The van der Waals surface area contributed by atoms with Crippen molar-refractivity contribution in [2.24, 2.45) is 0 Å². The van der Waals surface area contributed by atoms with Crippen LogP contribution in [0, 0.1) is 0 Å². The van der Waals surface area contributed by atoms with Gasteiger partial charge in [0.15, 0.2) is 5.75 Å². The van der Waals surface area contributed by atoms with Gasteiger partial charge in [-0.2, -0.15) is 0 Å². The average Bonchev–Trinajstić information content (AvgIpc) is 3.34. The van der Waals surface area contributed by atoms with Crippen LogP contribution in [-0.4, -0.2) is 47.6 Å². The number of nitrogen functional groups attached to an aromatic ring is 1. The van der Waals surface area contributed by atoms with Gasteiger partial charge in [-0.05, 0) is 29.8 Å². The van der Waals surface area contributed by atoms with Crippen molar-refractivity contribution in [2.75, 3.05) is 26.1 Å². The van der Waals surface area contributed by atoms with Gasteiger partial charge in [0.25, 0.3) is 5.91 Å². The summed E-state index contributed by atoms with van der Waals surface area (Å²) in [7, 11) is 1.57. The molecule has 0 bridgehead atoms. The molecule has 0 aliphatic carbocycles. The summed E-state index contributed by atoms with van der Waals surface area (Å²) in [6, 6.07) is 12.4. The molecular weight excluding hydrogens is 438 g/mol. The zero-order valence-corrected chi connectivity index (χ0v) is 18.6. The number of ether oxygens (including phenoxy) is 3. The summed E-state index contributed by atoms with van der Waals surface area (Å²) in [6.07, 6.45) is 4.49. The Morgan fingerprint density at radius 2 is 1.85 bits per heavy atom. The highest BCUT2D eigenvalue weighted by Crippen LogP contribution is 2.30. The van der Waals surface area contributed by atoms with E-state index in [1.165, 1.54) is 18.7 Å². The maximum atomic E-state index is 13.0. The molecule has 0 spiro atoms. The molecule has 1 aliphatic heterocycles. The SMILES string of the molecule is COc1ccc(Oc2ccc(CNC(=O)[C@@]3(NC(=O)c4cncnc4)CCOC3)cc2)c(N)c1. The first-order valence-corrected chi connectivity index (χ1v) is 10.6. The third-order valence-corrected chi connectivity index (χ3v) is 5.45. The lowest BCUT2D eigenvalue weighted by Gasteiger charge is -2.27. The molecule has 2 heterocycles. The van der Waals surface area contributed by atoms with Crippen LogP contribution >= 0.6 is 0 Å². The highest BCUT2D eigenvalue weighted by atomic mass is 16.5. The van der Waals surface area contributed by atoms with E-state index in [4.69, 9.17) is 19.9 Å². The van der Waals surface area contributed by atoms with Crippen molar-refractivity contribution in [1.82, 2.24) is 20.6 Å². The van der Waals surface area contributed by atoms with Crippen molar-refractivity contribution in [3.63, 3.8) is 0 Å². The number of methoxy groups -OCH3 is 1. The fourth-order valence-corrected chi connectivity index (χ4v) is 3.51. The number of aromatic nitrogens is 2. The summed E-state index contributed by atoms with van der Waals surface area (Å²) in [5, 5.41) is 5.69. The molecule has 0 saturated carbocycles. The van der Waals surface area contributed by atoms with Gasteiger partial charge in [-0.15, -0.1) is 0 Å². The van der Waals surface area contributed by atoms with Crippen LogP contribution in [0.5, 0.6) is 17.2 Å². The number of anilines is 1. The standard InChI is InChI=1S/C24H25N5O5/c1-32-19-6-7-21(20(25)10-19)34-18-4-2-16(3-5-18)11-28-23(31)24(8-9-33-14-24)29-22(30)17-12-26-15-27-13-17/h2-7,10,12-13,15H,8-9,11,14,25H2,1H3,(H,28,31)(H,29,30)/t24-/m1/s1. The summed E-state index contributed by atoms with van der Waals surface area (Å²) in [6.45, 7) is 0.740. The number of nitrogens with zero attached hydrogens (tertiary/aromatic N) is 2. The second-order valence-corrected chi connectivity index (χ2v) is 7.80. The Hall–Kier alpha value is -4.18. The van der Waals surface area contributed by atoms with Gasteiger partial charge in [0.2, 0.25) is 5.91 Å². The first-order valence-electron chi connectivity index (χ1n) is 10.6. The molecule has 4 N–H and O–H groups in total. The van der Waals surface area contributed by atoms with E-state index < -0.39 is 11.4 Å². The van der Waals surface area contributed by atoms with E-state index in [9.17, 15) is 9.59 Å². The summed E-state index contributed by atoms with van der Waals surface area (Å²) in [5.41, 5.74) is 6.45. The van der Waals surface area contributed by atoms with Gasteiger partial charge in [-0.25, -0.2) is 9.97 Å². The Bertz CT molecular complexity index is 1150. The second-order valence-electron chi connectivity index (χ2n) is 7.80. The van der Waals surface area contributed by atoms with E-state index >= 15 is 0 Å². The van der Waals surface area contributed by atoms with Crippen LogP contribution in [0.2, 0.25) is 0 Å². The molecule has 10 heteroatoms. The number of carbonyl (C=O) groups is 2. The molecular formula is C24H25N5O5. The second kappa shape index (κ2) is 10.2. The molecule has 3 aromatic rings. The summed E-state index contributed by atoms with van der Waals surface area (Å²) < 4.78 is 16.4. The number of benzene rings is 2. The maximum absolute atomic E-state index is 13.0. The van der Waals surface area contributed by atoms with Crippen LogP contribution in [-0.2, 0) is 16.1 Å². The number of amides is 2. The van der Waals surface area contributed by atoms with Crippen molar-refractivity contribution in [1.29, 1.82) is 0 Å². The van der Waals surface area contributed by atoms with Crippen LogP contribution in [0.3, 0.4) is 0 Å². The largest absolute Gasteiger partial charge is 0.497 e. The van der Waals surface area contributed by atoms with Crippen LogP contribution < -0.4 is 25.8 Å². The molecule has 1 fully saturated rings. The van der Waals surface area contributed by atoms with Gasteiger partial charge in [0.05, 0.1) is 25.0 Å². The predicted molar refractivity (Wildman–Crippen MR) is 123 cm³/mol. The molecule has 1 aromatic heterocycles. The quantitative estimate of drug-likeness (QED) is 0.432. The van der Waals surface area contributed by atoms with E-state index in [-0.39, 0.29) is 24.6 Å². The number of nitrogens with two attached hydrogens (primary N) is 1. The highest BCUT2D eigenvalue weighted by molar-refractivity contribution is 5.99. The number of hydrogen-bond acceptors (Lipinski definition) is 8. The van der Waals surface area contributed by atoms with Gasteiger partial charge in [-0.3, -0.25) is 9.59 Å². The van der Waals surface area contributed by atoms with Gasteiger partial charge >= 0.3 is 0 Å². The predicted octanol–water partition coefficient (Wildman–Crippen LogP) is 2.06. The number of rotatable bonds is 8. The number of carbonyl (C=O) groups excluding carboxylic acids is 2. The molecule has 4 rings (SSSR count). The molecule has 2 amide bonds. The van der Waals surface area contributed by atoms with E-state index in [1.54, 1.807) is 37.4 Å². The first-order chi connectivity index (χ1) is 16.5. The van der Waals surface area contributed by atoms with Crippen molar-refractivity contribution in [3.05, 3.63) is 72.3 Å². The highest BCUT2D eigenvalue weighted by Gasteiger charge is 2.43. The minimum atomic E-state index is -1.15. The molecule has 1 atom stereocenters. The fourth-order valence-electron chi connectivity index (χ4n) is 3.51. The molecule has 0 radical (unpaired) electrons. The smallest absolute Gasteiger partial charge is 0.255 e. The Labute approximate surface area is 196 Å². The normalized spacial score (nSPS) is 17.1. The Morgan fingerprint density at radius 3 is 2.50 bits per heavy atom. The van der Waals surface area contributed by atoms with Crippen molar-refractivity contribution >= 4 is 17.5 Å². The van der Waals surface area contributed by atoms with E-state index in [0.29, 0.717) is 36.0 Å². The maximum Gasteiger partial charge on any atom is 0.255 e. The Balaban J connectivity index is 1.36. The summed E-state index contributed by atoms with van der Waals surface area (Å²) in [5.74, 6) is 1.02. The van der Waals surface area contributed by atoms with E-state index in [2.05, 4.69) is 20.6 Å². The number of nitrogens with one attached hydrogen (secondary N) is 2. The third-order valence-electron chi connectivity index (χ3n) is 5.45. The summed E-state index contributed by atoms with van der Waals surface area (Å²) >= 11 is 0. The monoisotopic (exact) mass is 463 g/mol. The van der Waals surface area contributed by atoms with Gasteiger partial charge < -0.3 is 30.6 Å².